The van der Waals surface area contributed by atoms with Crippen LogP contribution in [-0.4, -0.2) is 18.7 Å². The van der Waals surface area contributed by atoms with E-state index in [1.165, 1.54) is 6.07 Å². The van der Waals surface area contributed by atoms with Gasteiger partial charge in [-0.25, -0.2) is 4.39 Å². The zero-order valence-electron chi connectivity index (χ0n) is 10.5. The van der Waals surface area contributed by atoms with Gasteiger partial charge in [0.25, 0.3) is 0 Å². The molecule has 2 rings (SSSR count). The molecule has 0 radical (unpaired) electrons. The van der Waals surface area contributed by atoms with Crippen molar-refractivity contribution < 1.29 is 9.13 Å². The van der Waals surface area contributed by atoms with E-state index < -0.39 is 0 Å². The van der Waals surface area contributed by atoms with Gasteiger partial charge in [-0.3, -0.25) is 0 Å². The quantitative estimate of drug-likeness (QED) is 0.872. The first-order valence-electron chi connectivity index (χ1n) is 6.31. The van der Waals surface area contributed by atoms with E-state index in [4.69, 9.17) is 4.74 Å². The van der Waals surface area contributed by atoms with Crippen LogP contribution in [0.15, 0.2) is 24.3 Å². The second kappa shape index (κ2) is 5.15. The Balaban J connectivity index is 2.04. The van der Waals surface area contributed by atoms with E-state index in [-0.39, 0.29) is 17.5 Å². The van der Waals surface area contributed by atoms with Gasteiger partial charge in [-0.15, -0.1) is 0 Å². The Bertz CT molecular complexity index is 366. The van der Waals surface area contributed by atoms with Crippen LogP contribution in [0.4, 0.5) is 4.39 Å². The molecule has 1 fully saturated rings. The Kier molecular flexibility index (Phi) is 3.79. The molecule has 1 heterocycles. The largest absolute Gasteiger partial charge is 0.370 e. The van der Waals surface area contributed by atoms with Crippen molar-refractivity contribution in [2.45, 2.75) is 38.3 Å². The topological polar surface area (TPSA) is 21.3 Å². The SMILES string of the molecule is CCC1(CC)COC(c2cccc(F)c2)CN1. The van der Waals surface area contributed by atoms with Crippen molar-refractivity contribution in [3.05, 3.63) is 35.6 Å². The molecule has 0 spiro atoms. The first-order valence-corrected chi connectivity index (χ1v) is 6.31. The van der Waals surface area contributed by atoms with Crippen LogP contribution in [0.25, 0.3) is 0 Å². The summed E-state index contributed by atoms with van der Waals surface area (Å²) in [6.45, 7) is 5.79. The maximum Gasteiger partial charge on any atom is 0.123 e. The van der Waals surface area contributed by atoms with Gasteiger partial charge in [-0.05, 0) is 30.5 Å². The molecule has 0 bridgehead atoms. The molecule has 1 N–H and O–H groups in total. The summed E-state index contributed by atoms with van der Waals surface area (Å²) in [5.41, 5.74) is 1.02. The van der Waals surface area contributed by atoms with Crippen molar-refractivity contribution >= 4 is 0 Å². The number of hydrogen-bond donors (Lipinski definition) is 1. The lowest BCUT2D eigenvalue weighted by Gasteiger charge is -2.40. The molecule has 94 valence electrons. The first kappa shape index (κ1) is 12.5. The molecule has 0 aromatic heterocycles. The van der Waals surface area contributed by atoms with E-state index in [1.807, 2.05) is 6.07 Å². The van der Waals surface area contributed by atoms with Crippen molar-refractivity contribution in [1.29, 1.82) is 0 Å². The summed E-state index contributed by atoms with van der Waals surface area (Å²) in [6.07, 6.45) is 2.08. The molecule has 0 amide bonds. The summed E-state index contributed by atoms with van der Waals surface area (Å²) < 4.78 is 19.0. The van der Waals surface area contributed by atoms with Gasteiger partial charge in [-0.2, -0.15) is 0 Å². The molecule has 17 heavy (non-hydrogen) atoms. The van der Waals surface area contributed by atoms with Gasteiger partial charge >= 0.3 is 0 Å². The van der Waals surface area contributed by atoms with Crippen LogP contribution in [0.2, 0.25) is 0 Å². The van der Waals surface area contributed by atoms with Crippen molar-refractivity contribution in [2.75, 3.05) is 13.2 Å². The predicted molar refractivity (Wildman–Crippen MR) is 66.4 cm³/mol. The van der Waals surface area contributed by atoms with E-state index in [1.54, 1.807) is 12.1 Å². The highest BCUT2D eigenvalue weighted by atomic mass is 19.1. The molecule has 1 aromatic carbocycles. The van der Waals surface area contributed by atoms with Crippen molar-refractivity contribution in [1.82, 2.24) is 5.32 Å². The summed E-state index contributed by atoms with van der Waals surface area (Å²) in [6, 6.07) is 6.66. The van der Waals surface area contributed by atoms with Gasteiger partial charge in [0, 0.05) is 12.1 Å². The molecule has 0 aliphatic carbocycles. The molecule has 3 heteroatoms. The fourth-order valence-electron chi connectivity index (χ4n) is 2.30. The number of morpholine rings is 1. The maximum absolute atomic E-state index is 13.1. The Labute approximate surface area is 102 Å². The number of rotatable bonds is 3. The molecule has 1 aromatic rings. The highest BCUT2D eigenvalue weighted by Gasteiger charge is 2.32. The van der Waals surface area contributed by atoms with Gasteiger partial charge < -0.3 is 10.1 Å². The van der Waals surface area contributed by atoms with Crippen LogP contribution in [0.5, 0.6) is 0 Å². The van der Waals surface area contributed by atoms with Gasteiger partial charge in [0.05, 0.1) is 12.7 Å². The number of ether oxygens (including phenoxy) is 1. The van der Waals surface area contributed by atoms with Crippen LogP contribution >= 0.6 is 0 Å². The Morgan fingerprint density at radius 2 is 2.18 bits per heavy atom. The van der Waals surface area contributed by atoms with Gasteiger partial charge in [0.15, 0.2) is 0 Å². The second-order valence-electron chi connectivity index (χ2n) is 4.72. The highest BCUT2D eigenvalue weighted by Crippen LogP contribution is 2.27. The lowest BCUT2D eigenvalue weighted by Crippen LogP contribution is -2.54. The minimum atomic E-state index is -0.200. The third-order valence-corrected chi connectivity index (χ3v) is 3.80. The van der Waals surface area contributed by atoms with Crippen LogP contribution in [-0.2, 0) is 4.74 Å². The number of halogens is 1. The predicted octanol–water partition coefficient (Wildman–Crippen LogP) is 3.05. The molecule has 1 aliphatic rings. The van der Waals surface area contributed by atoms with Crippen LogP contribution in [0.3, 0.4) is 0 Å². The molecular formula is C14H20FNO. The average molecular weight is 237 g/mol. The molecule has 2 nitrogen and oxygen atoms in total. The fraction of sp³-hybridized carbons (Fsp3) is 0.571. The summed E-state index contributed by atoms with van der Waals surface area (Å²) in [4.78, 5) is 0. The Morgan fingerprint density at radius 1 is 1.41 bits per heavy atom. The molecule has 1 saturated heterocycles. The highest BCUT2D eigenvalue weighted by molar-refractivity contribution is 5.20. The zero-order chi connectivity index (χ0) is 12.3. The number of hydrogen-bond acceptors (Lipinski definition) is 2. The summed E-state index contributed by atoms with van der Waals surface area (Å²) in [5, 5.41) is 3.55. The Hall–Kier alpha value is -0.930. The van der Waals surface area contributed by atoms with Crippen molar-refractivity contribution in [3.63, 3.8) is 0 Å². The number of nitrogens with one attached hydrogen (secondary N) is 1. The second-order valence-corrected chi connectivity index (χ2v) is 4.72. The van der Waals surface area contributed by atoms with E-state index in [9.17, 15) is 4.39 Å². The molecule has 0 saturated carbocycles. The molecule has 1 aliphatic heterocycles. The van der Waals surface area contributed by atoms with Crippen molar-refractivity contribution in [3.8, 4) is 0 Å². The maximum atomic E-state index is 13.1. The van der Waals surface area contributed by atoms with Crippen LogP contribution in [0.1, 0.15) is 38.4 Å². The minimum Gasteiger partial charge on any atom is -0.370 e. The molecule has 1 atom stereocenters. The van der Waals surface area contributed by atoms with Crippen LogP contribution < -0.4 is 5.32 Å². The lowest BCUT2D eigenvalue weighted by atomic mass is 9.91. The van der Waals surface area contributed by atoms with Crippen LogP contribution in [0, 0.1) is 5.82 Å². The van der Waals surface area contributed by atoms with E-state index in [2.05, 4.69) is 19.2 Å². The molecular weight excluding hydrogens is 217 g/mol. The van der Waals surface area contributed by atoms with Crippen molar-refractivity contribution in [2.24, 2.45) is 0 Å². The third-order valence-electron chi connectivity index (χ3n) is 3.80. The summed E-state index contributed by atoms with van der Waals surface area (Å²) >= 11 is 0. The first-order chi connectivity index (χ1) is 8.19. The summed E-state index contributed by atoms with van der Waals surface area (Å²) in [5.74, 6) is -0.200. The number of benzene rings is 1. The fourth-order valence-corrected chi connectivity index (χ4v) is 2.30. The standard InChI is InChI=1S/C14H20FNO/c1-3-14(4-2)10-17-13(9-16-14)11-6-5-7-12(15)8-11/h5-8,13,16H,3-4,9-10H2,1-2H3. The average Bonchev–Trinajstić information content (AvgIpc) is 2.39. The smallest absolute Gasteiger partial charge is 0.123 e. The van der Waals surface area contributed by atoms with E-state index in [0.717, 1.165) is 24.9 Å². The lowest BCUT2D eigenvalue weighted by molar-refractivity contribution is -0.0375. The Morgan fingerprint density at radius 3 is 2.71 bits per heavy atom. The monoisotopic (exact) mass is 237 g/mol. The third kappa shape index (κ3) is 2.67. The summed E-state index contributed by atoms with van der Waals surface area (Å²) in [7, 11) is 0. The zero-order valence-corrected chi connectivity index (χ0v) is 10.5. The normalized spacial score (nSPS) is 23.6. The van der Waals surface area contributed by atoms with Gasteiger partial charge in [-0.1, -0.05) is 26.0 Å². The van der Waals surface area contributed by atoms with E-state index in [0.29, 0.717) is 6.61 Å². The van der Waals surface area contributed by atoms with E-state index >= 15 is 0 Å². The molecule has 1 unspecified atom stereocenters. The van der Waals surface area contributed by atoms with Gasteiger partial charge in [0.1, 0.15) is 5.82 Å². The van der Waals surface area contributed by atoms with Gasteiger partial charge in [0.2, 0.25) is 0 Å². The minimum absolute atomic E-state index is 0.0306.